The predicted molar refractivity (Wildman–Crippen MR) is 36.1 cm³/mol. The highest BCUT2D eigenvalue weighted by Gasteiger charge is 2.40. The summed E-state index contributed by atoms with van der Waals surface area (Å²) in [5, 5.41) is 13.9. The van der Waals surface area contributed by atoms with E-state index in [4.69, 9.17) is 15.0 Å². The fourth-order valence-electron chi connectivity index (χ4n) is 1.66. The molecule has 2 fully saturated rings. The maximum atomic E-state index is 8.56. The molecule has 0 radical (unpaired) electrons. The Balaban J connectivity index is 0.000000112. The van der Waals surface area contributed by atoms with E-state index in [1.165, 1.54) is 18.3 Å². The summed E-state index contributed by atoms with van der Waals surface area (Å²) in [7, 11) is 0. The summed E-state index contributed by atoms with van der Waals surface area (Å²) in [6.45, 7) is 0. The molecule has 0 aromatic heterocycles. The van der Waals surface area contributed by atoms with Gasteiger partial charge >= 0.3 is 6.16 Å². The number of carboxylic acid groups (broad SMARTS) is 2. The molecule has 0 saturated heterocycles. The monoisotopic (exact) mass is 144 g/mol. The normalized spacial score (nSPS) is 33.6. The Bertz CT molecular complexity index is 121. The standard InChI is InChI=1S/C6H10.CH2O3/c1-2-5-4-6(5)3-1;2-1(3)4/h5-6H,1-4H2;(H2,2,3,4). The van der Waals surface area contributed by atoms with Crippen molar-refractivity contribution in [1.29, 1.82) is 0 Å². The quantitative estimate of drug-likeness (QED) is 0.546. The first-order valence-corrected chi connectivity index (χ1v) is 3.62. The molecular weight excluding hydrogens is 132 g/mol. The fourth-order valence-corrected chi connectivity index (χ4v) is 1.66. The molecule has 2 atom stereocenters. The van der Waals surface area contributed by atoms with Gasteiger partial charge in [0.1, 0.15) is 0 Å². The topological polar surface area (TPSA) is 57.5 Å². The van der Waals surface area contributed by atoms with Gasteiger partial charge in [0.25, 0.3) is 0 Å². The zero-order valence-corrected chi connectivity index (χ0v) is 5.79. The molecule has 10 heavy (non-hydrogen) atoms. The SMILES string of the molecule is C1CC2CC2C1.O=C(O)O. The van der Waals surface area contributed by atoms with Crippen molar-refractivity contribution < 1.29 is 15.0 Å². The summed E-state index contributed by atoms with van der Waals surface area (Å²) in [5.74, 6) is 2.43. The van der Waals surface area contributed by atoms with Crippen molar-refractivity contribution in [1.82, 2.24) is 0 Å². The molecule has 3 nitrogen and oxygen atoms in total. The van der Waals surface area contributed by atoms with Crippen LogP contribution in [0.1, 0.15) is 25.7 Å². The minimum absolute atomic E-state index is 1.21. The van der Waals surface area contributed by atoms with Crippen molar-refractivity contribution in [3.8, 4) is 0 Å². The Labute approximate surface area is 59.7 Å². The van der Waals surface area contributed by atoms with Gasteiger partial charge in [-0.15, -0.1) is 0 Å². The van der Waals surface area contributed by atoms with Crippen LogP contribution in [-0.2, 0) is 0 Å². The van der Waals surface area contributed by atoms with Gasteiger partial charge in [-0.3, -0.25) is 0 Å². The van der Waals surface area contributed by atoms with Gasteiger partial charge in [0.15, 0.2) is 0 Å². The lowest BCUT2D eigenvalue weighted by molar-refractivity contribution is 0.137. The van der Waals surface area contributed by atoms with Crippen molar-refractivity contribution in [2.45, 2.75) is 25.7 Å². The van der Waals surface area contributed by atoms with Gasteiger partial charge in [-0.05, 0) is 18.3 Å². The number of carbonyl (C=O) groups is 1. The molecule has 0 bridgehead atoms. The highest BCUT2D eigenvalue weighted by atomic mass is 16.6. The average molecular weight is 144 g/mol. The zero-order chi connectivity index (χ0) is 7.56. The van der Waals surface area contributed by atoms with Crippen molar-refractivity contribution in [3.05, 3.63) is 0 Å². The lowest BCUT2D eigenvalue weighted by Gasteiger charge is -1.80. The molecule has 2 N–H and O–H groups in total. The van der Waals surface area contributed by atoms with Crippen LogP contribution >= 0.6 is 0 Å². The van der Waals surface area contributed by atoms with E-state index in [0.717, 1.165) is 0 Å². The lowest BCUT2D eigenvalue weighted by Crippen LogP contribution is -1.81. The van der Waals surface area contributed by atoms with E-state index < -0.39 is 6.16 Å². The summed E-state index contributed by atoms with van der Waals surface area (Å²) in [4.78, 5) is 8.56. The second kappa shape index (κ2) is 2.90. The van der Waals surface area contributed by atoms with Gasteiger partial charge in [-0.25, -0.2) is 4.79 Å². The van der Waals surface area contributed by atoms with Crippen LogP contribution in [0.4, 0.5) is 4.79 Å². The van der Waals surface area contributed by atoms with Crippen LogP contribution in [0.3, 0.4) is 0 Å². The van der Waals surface area contributed by atoms with Crippen LogP contribution < -0.4 is 0 Å². The molecule has 0 heterocycles. The summed E-state index contributed by atoms with van der Waals surface area (Å²) >= 11 is 0. The molecule has 2 aliphatic rings. The summed E-state index contributed by atoms with van der Waals surface area (Å²) in [5.41, 5.74) is 0. The van der Waals surface area contributed by atoms with Gasteiger partial charge in [0, 0.05) is 0 Å². The molecule has 58 valence electrons. The number of rotatable bonds is 0. The average Bonchev–Trinajstić information content (AvgIpc) is 2.40. The molecule has 0 aliphatic heterocycles. The molecule has 0 amide bonds. The van der Waals surface area contributed by atoms with Crippen LogP contribution in [0.25, 0.3) is 0 Å². The van der Waals surface area contributed by atoms with Crippen molar-refractivity contribution in [2.24, 2.45) is 11.8 Å². The second-order valence-electron chi connectivity index (χ2n) is 2.97. The summed E-state index contributed by atoms with van der Waals surface area (Å²) < 4.78 is 0. The van der Waals surface area contributed by atoms with Crippen LogP contribution in [0.2, 0.25) is 0 Å². The maximum absolute atomic E-state index is 8.56. The predicted octanol–water partition coefficient (Wildman–Crippen LogP) is 2.03. The Morgan fingerprint density at radius 1 is 1.20 bits per heavy atom. The van der Waals surface area contributed by atoms with Gasteiger partial charge in [-0.2, -0.15) is 0 Å². The van der Waals surface area contributed by atoms with Gasteiger partial charge in [0.2, 0.25) is 0 Å². The second-order valence-corrected chi connectivity index (χ2v) is 2.97. The molecule has 0 aromatic carbocycles. The molecule has 0 aromatic rings. The smallest absolute Gasteiger partial charge is 0.450 e. The van der Waals surface area contributed by atoms with Crippen LogP contribution in [0.5, 0.6) is 0 Å². The van der Waals surface area contributed by atoms with E-state index >= 15 is 0 Å². The van der Waals surface area contributed by atoms with Gasteiger partial charge in [0.05, 0.1) is 0 Å². The number of hydrogen-bond donors (Lipinski definition) is 2. The highest BCUT2D eigenvalue weighted by Crippen LogP contribution is 2.51. The molecule has 2 aliphatic carbocycles. The Kier molecular flexibility index (Phi) is 2.14. The first kappa shape index (κ1) is 7.38. The first-order valence-electron chi connectivity index (χ1n) is 3.62. The first-order chi connectivity index (χ1) is 4.70. The number of fused-ring (bicyclic) bond motifs is 1. The lowest BCUT2D eigenvalue weighted by atomic mass is 10.3. The Morgan fingerprint density at radius 3 is 1.70 bits per heavy atom. The molecule has 3 heteroatoms. The van der Waals surface area contributed by atoms with Crippen LogP contribution in [-0.4, -0.2) is 16.4 Å². The van der Waals surface area contributed by atoms with Gasteiger partial charge in [-0.1, -0.05) is 19.3 Å². The van der Waals surface area contributed by atoms with E-state index in [9.17, 15) is 0 Å². The summed E-state index contributed by atoms with van der Waals surface area (Å²) in [6.07, 6.45) is 4.41. The largest absolute Gasteiger partial charge is 0.503 e. The minimum Gasteiger partial charge on any atom is -0.450 e. The molecule has 2 saturated carbocycles. The molecular formula is C7H12O3. The van der Waals surface area contributed by atoms with Crippen LogP contribution in [0, 0.1) is 11.8 Å². The highest BCUT2D eigenvalue weighted by molar-refractivity contribution is 5.53. The van der Waals surface area contributed by atoms with Gasteiger partial charge < -0.3 is 10.2 Å². The van der Waals surface area contributed by atoms with Crippen molar-refractivity contribution in [3.63, 3.8) is 0 Å². The minimum atomic E-state index is -1.83. The van der Waals surface area contributed by atoms with E-state index in [1.54, 1.807) is 19.3 Å². The maximum Gasteiger partial charge on any atom is 0.503 e. The number of hydrogen-bond acceptors (Lipinski definition) is 1. The van der Waals surface area contributed by atoms with E-state index in [0.29, 0.717) is 0 Å². The van der Waals surface area contributed by atoms with Crippen molar-refractivity contribution in [2.75, 3.05) is 0 Å². The third-order valence-corrected chi connectivity index (χ3v) is 2.22. The third kappa shape index (κ3) is 2.25. The summed E-state index contributed by atoms with van der Waals surface area (Å²) in [6, 6.07) is 0. The molecule has 2 rings (SSSR count). The van der Waals surface area contributed by atoms with Crippen molar-refractivity contribution >= 4 is 6.16 Å². The Morgan fingerprint density at radius 2 is 1.60 bits per heavy atom. The van der Waals surface area contributed by atoms with E-state index in [1.807, 2.05) is 0 Å². The molecule has 0 spiro atoms. The van der Waals surface area contributed by atoms with E-state index in [2.05, 4.69) is 0 Å². The third-order valence-electron chi connectivity index (χ3n) is 2.22. The Hall–Kier alpha value is -0.730. The van der Waals surface area contributed by atoms with Crippen LogP contribution in [0.15, 0.2) is 0 Å². The van der Waals surface area contributed by atoms with E-state index in [-0.39, 0.29) is 0 Å². The zero-order valence-electron chi connectivity index (χ0n) is 5.79. The molecule has 2 unspecified atom stereocenters. The fraction of sp³-hybridized carbons (Fsp3) is 0.857.